The third-order valence-corrected chi connectivity index (χ3v) is 7.95. The highest BCUT2D eigenvalue weighted by atomic mass is 16.5. The smallest absolute Gasteiger partial charge is 0.314 e. The summed E-state index contributed by atoms with van der Waals surface area (Å²) in [5, 5.41) is 0. The Morgan fingerprint density at radius 2 is 1.40 bits per heavy atom. The van der Waals surface area contributed by atoms with Crippen LogP contribution in [-0.2, 0) is 11.2 Å². The van der Waals surface area contributed by atoms with Gasteiger partial charge in [0.15, 0.2) is 0 Å². The Labute approximate surface area is 185 Å². The van der Waals surface area contributed by atoms with Crippen molar-refractivity contribution < 1.29 is 9.53 Å². The second-order valence-electron chi connectivity index (χ2n) is 10.0. The average molecular weight is 413 g/mol. The molecule has 168 valence electrons. The predicted molar refractivity (Wildman–Crippen MR) is 126 cm³/mol. The molecule has 2 heteroatoms. The van der Waals surface area contributed by atoms with Gasteiger partial charge in [-0.05, 0) is 86.8 Å². The van der Waals surface area contributed by atoms with Crippen LogP contribution in [-0.4, -0.2) is 5.97 Å². The molecule has 0 aromatic heterocycles. The molecular weight excluding hydrogens is 368 g/mol. The highest BCUT2D eigenvalue weighted by molar-refractivity contribution is 5.75. The summed E-state index contributed by atoms with van der Waals surface area (Å²) in [6.45, 7) is 4.59. The summed E-state index contributed by atoms with van der Waals surface area (Å²) >= 11 is 0. The number of hydrogen-bond donors (Lipinski definition) is 0. The van der Waals surface area contributed by atoms with Crippen LogP contribution in [0.2, 0.25) is 0 Å². The van der Waals surface area contributed by atoms with E-state index in [2.05, 4.69) is 26.0 Å². The Hall–Kier alpha value is -1.31. The van der Waals surface area contributed by atoms with E-state index in [1.807, 2.05) is 12.1 Å². The van der Waals surface area contributed by atoms with Gasteiger partial charge in [-0.1, -0.05) is 70.9 Å². The van der Waals surface area contributed by atoms with Crippen LogP contribution in [0.4, 0.5) is 0 Å². The van der Waals surface area contributed by atoms with E-state index < -0.39 is 0 Å². The first-order chi connectivity index (χ1) is 14.7. The lowest BCUT2D eigenvalue weighted by atomic mass is 9.69. The lowest BCUT2D eigenvalue weighted by Crippen LogP contribution is -2.30. The summed E-state index contributed by atoms with van der Waals surface area (Å²) in [4.78, 5) is 12.7. The standard InChI is InChI=1S/C28H44O2/c1-3-5-6-7-8-9-23-12-20-27(21-13-23)30-28(29)26-18-16-25(17-19-26)24-14-10-22(4-2)11-15-24/h12-13,20-22,24-26H,3-11,14-19H2,1-2H3. The van der Waals surface area contributed by atoms with Crippen molar-refractivity contribution in [1.29, 1.82) is 0 Å². The number of esters is 1. The predicted octanol–water partition coefficient (Wildman–Crippen LogP) is 8.13. The molecule has 30 heavy (non-hydrogen) atoms. The van der Waals surface area contributed by atoms with E-state index in [4.69, 9.17) is 4.74 Å². The van der Waals surface area contributed by atoms with Gasteiger partial charge >= 0.3 is 5.97 Å². The van der Waals surface area contributed by atoms with E-state index in [1.165, 1.54) is 82.6 Å². The molecule has 0 aliphatic heterocycles. The molecule has 2 aliphatic carbocycles. The van der Waals surface area contributed by atoms with Crippen molar-refractivity contribution in [1.82, 2.24) is 0 Å². The quantitative estimate of drug-likeness (QED) is 0.220. The minimum atomic E-state index is -0.00421. The van der Waals surface area contributed by atoms with Gasteiger partial charge in [0.1, 0.15) is 5.75 Å². The molecule has 1 aromatic carbocycles. The average Bonchev–Trinajstić information content (AvgIpc) is 2.80. The third kappa shape index (κ3) is 7.13. The molecule has 0 atom stereocenters. The van der Waals surface area contributed by atoms with Crippen LogP contribution >= 0.6 is 0 Å². The van der Waals surface area contributed by atoms with E-state index in [1.54, 1.807) is 0 Å². The van der Waals surface area contributed by atoms with E-state index in [0.29, 0.717) is 0 Å². The number of ether oxygens (including phenoxy) is 1. The molecular formula is C28H44O2. The molecule has 0 saturated heterocycles. The molecule has 2 saturated carbocycles. The van der Waals surface area contributed by atoms with Gasteiger partial charge in [0.2, 0.25) is 0 Å². The Bertz CT molecular complexity index is 604. The summed E-state index contributed by atoms with van der Waals surface area (Å²) < 4.78 is 5.74. The lowest BCUT2D eigenvalue weighted by Gasteiger charge is -2.37. The molecule has 0 N–H and O–H groups in total. The van der Waals surface area contributed by atoms with Gasteiger partial charge in [-0.15, -0.1) is 0 Å². The van der Waals surface area contributed by atoms with Crippen LogP contribution in [0.15, 0.2) is 24.3 Å². The van der Waals surface area contributed by atoms with Gasteiger partial charge in [-0.3, -0.25) is 4.79 Å². The molecule has 0 heterocycles. The zero-order chi connectivity index (χ0) is 21.2. The van der Waals surface area contributed by atoms with Crippen LogP contribution in [0, 0.1) is 23.7 Å². The van der Waals surface area contributed by atoms with Crippen LogP contribution in [0.25, 0.3) is 0 Å². The number of unbranched alkanes of at least 4 members (excludes halogenated alkanes) is 4. The zero-order valence-corrected chi connectivity index (χ0v) is 19.5. The summed E-state index contributed by atoms with van der Waals surface area (Å²) in [6.07, 6.45) is 19.2. The molecule has 0 amide bonds. The summed E-state index contributed by atoms with van der Waals surface area (Å²) in [5.74, 6) is 3.56. The van der Waals surface area contributed by atoms with E-state index in [-0.39, 0.29) is 11.9 Å². The highest BCUT2D eigenvalue weighted by Gasteiger charge is 2.33. The van der Waals surface area contributed by atoms with Crippen molar-refractivity contribution in [3.05, 3.63) is 29.8 Å². The van der Waals surface area contributed by atoms with Gasteiger partial charge in [-0.25, -0.2) is 0 Å². The molecule has 0 unspecified atom stereocenters. The van der Waals surface area contributed by atoms with Crippen molar-refractivity contribution in [3.8, 4) is 5.75 Å². The Morgan fingerprint density at radius 1 is 0.800 bits per heavy atom. The van der Waals surface area contributed by atoms with Crippen LogP contribution < -0.4 is 4.74 Å². The largest absolute Gasteiger partial charge is 0.426 e. The number of aryl methyl sites for hydroxylation is 1. The van der Waals surface area contributed by atoms with E-state index >= 15 is 0 Å². The number of benzene rings is 1. The minimum absolute atomic E-state index is 0.00421. The normalized spacial score (nSPS) is 27.0. The Balaban J connectivity index is 1.36. The molecule has 2 fully saturated rings. The fourth-order valence-electron chi connectivity index (χ4n) is 5.75. The first kappa shape index (κ1) is 23.4. The minimum Gasteiger partial charge on any atom is -0.426 e. The van der Waals surface area contributed by atoms with Crippen molar-refractivity contribution in [2.75, 3.05) is 0 Å². The number of rotatable bonds is 10. The first-order valence-electron chi connectivity index (χ1n) is 13.0. The third-order valence-electron chi connectivity index (χ3n) is 7.95. The van der Waals surface area contributed by atoms with Gasteiger partial charge in [0.25, 0.3) is 0 Å². The lowest BCUT2D eigenvalue weighted by molar-refractivity contribution is -0.140. The summed E-state index contributed by atoms with van der Waals surface area (Å²) in [7, 11) is 0. The zero-order valence-electron chi connectivity index (χ0n) is 19.5. The second kappa shape index (κ2) is 12.5. The highest BCUT2D eigenvalue weighted by Crippen LogP contribution is 2.42. The SMILES string of the molecule is CCCCCCCc1ccc(OC(=O)C2CCC(C3CCC(CC)CC3)CC2)cc1. The van der Waals surface area contributed by atoms with E-state index in [9.17, 15) is 4.79 Å². The maximum Gasteiger partial charge on any atom is 0.314 e. The van der Waals surface area contributed by atoms with Crippen LogP contribution in [0.1, 0.15) is 109 Å². The number of carbonyl (C=O) groups excluding carboxylic acids is 1. The van der Waals surface area contributed by atoms with Crippen molar-refractivity contribution in [2.45, 2.75) is 110 Å². The van der Waals surface area contributed by atoms with Gasteiger partial charge < -0.3 is 4.74 Å². The maximum atomic E-state index is 12.7. The molecule has 3 rings (SSSR count). The summed E-state index contributed by atoms with van der Waals surface area (Å²) in [6, 6.07) is 8.23. The Morgan fingerprint density at radius 3 is 2.00 bits per heavy atom. The molecule has 0 spiro atoms. The number of hydrogen-bond acceptors (Lipinski definition) is 2. The van der Waals surface area contributed by atoms with Crippen molar-refractivity contribution in [3.63, 3.8) is 0 Å². The number of carbonyl (C=O) groups is 1. The topological polar surface area (TPSA) is 26.3 Å². The summed E-state index contributed by atoms with van der Waals surface area (Å²) in [5.41, 5.74) is 1.35. The molecule has 0 bridgehead atoms. The van der Waals surface area contributed by atoms with E-state index in [0.717, 1.165) is 42.8 Å². The molecule has 1 aromatic rings. The molecule has 2 aliphatic rings. The Kier molecular flexibility index (Phi) is 9.75. The molecule has 0 radical (unpaired) electrons. The first-order valence-corrected chi connectivity index (χ1v) is 13.0. The maximum absolute atomic E-state index is 12.7. The van der Waals surface area contributed by atoms with Crippen molar-refractivity contribution in [2.24, 2.45) is 23.7 Å². The molecule has 2 nitrogen and oxygen atoms in total. The van der Waals surface area contributed by atoms with Crippen molar-refractivity contribution >= 4 is 5.97 Å². The van der Waals surface area contributed by atoms with Crippen LogP contribution in [0.3, 0.4) is 0 Å². The van der Waals surface area contributed by atoms with Crippen LogP contribution in [0.5, 0.6) is 5.75 Å². The fourth-order valence-corrected chi connectivity index (χ4v) is 5.75. The van der Waals surface area contributed by atoms with Gasteiger partial charge in [-0.2, -0.15) is 0 Å². The monoisotopic (exact) mass is 412 g/mol. The second-order valence-corrected chi connectivity index (χ2v) is 10.0. The fraction of sp³-hybridized carbons (Fsp3) is 0.750. The van der Waals surface area contributed by atoms with Gasteiger partial charge in [0, 0.05) is 0 Å². The van der Waals surface area contributed by atoms with Gasteiger partial charge in [0.05, 0.1) is 5.92 Å².